The zero-order valence-electron chi connectivity index (χ0n) is 19.3. The molecule has 9 nitrogen and oxygen atoms in total. The van der Waals surface area contributed by atoms with E-state index in [4.69, 9.17) is 21.1 Å². The summed E-state index contributed by atoms with van der Waals surface area (Å²) in [5.74, 6) is 0.587. The van der Waals surface area contributed by atoms with Crippen LogP contribution in [0.3, 0.4) is 0 Å². The molecule has 0 radical (unpaired) electrons. The fraction of sp³-hybridized carbons (Fsp3) is 0.478. The van der Waals surface area contributed by atoms with E-state index in [1.54, 1.807) is 24.4 Å². The minimum Gasteiger partial charge on any atom is -0.492 e. The van der Waals surface area contributed by atoms with Crippen molar-refractivity contribution in [2.24, 2.45) is 0 Å². The Labute approximate surface area is 206 Å². The molecule has 4 rings (SSSR count). The molecule has 0 saturated carbocycles. The highest BCUT2D eigenvalue weighted by Gasteiger charge is 2.18. The van der Waals surface area contributed by atoms with E-state index in [2.05, 4.69) is 20.2 Å². The maximum absolute atomic E-state index is 13.4. The van der Waals surface area contributed by atoms with Gasteiger partial charge in [0.25, 0.3) is 5.56 Å². The normalized spacial score (nSPS) is 14.6. The molecule has 1 saturated heterocycles. The Balaban J connectivity index is 1.57. The van der Waals surface area contributed by atoms with E-state index in [0.717, 1.165) is 39.3 Å². The molecule has 3 aromatic heterocycles. The van der Waals surface area contributed by atoms with Gasteiger partial charge in [-0.1, -0.05) is 11.6 Å². The molecule has 1 N–H and O–H groups in total. The largest absolute Gasteiger partial charge is 0.492 e. The van der Waals surface area contributed by atoms with Crippen LogP contribution in [0.2, 0.25) is 4.34 Å². The van der Waals surface area contributed by atoms with Gasteiger partial charge in [-0.2, -0.15) is 0 Å². The van der Waals surface area contributed by atoms with E-state index < -0.39 is 0 Å². The Bertz CT molecular complexity index is 1210. The summed E-state index contributed by atoms with van der Waals surface area (Å²) < 4.78 is 13.2. The van der Waals surface area contributed by atoms with Crippen LogP contribution in [0.5, 0.6) is 5.75 Å². The number of pyridine rings is 1. The number of fused-ring (bicyclic) bond motifs is 1. The van der Waals surface area contributed by atoms with Crippen molar-refractivity contribution in [2.45, 2.75) is 32.9 Å². The first-order valence-electron chi connectivity index (χ1n) is 11.3. The number of hydrogen-bond acceptors (Lipinski definition) is 8. The first kappa shape index (κ1) is 24.6. The SMILES string of the molecule is CC(C)NC(=O)Cn1c(-c2ccc(Cl)s2)nc2ncc(OCCCN3CCOCC3)cc2c1=O. The predicted molar refractivity (Wildman–Crippen MR) is 133 cm³/mol. The molecule has 1 fully saturated rings. The number of carbonyl (C=O) groups excluding carboxylic acids is 1. The molecule has 1 aliphatic heterocycles. The molecule has 0 atom stereocenters. The maximum Gasteiger partial charge on any atom is 0.263 e. The van der Waals surface area contributed by atoms with Gasteiger partial charge in [-0.3, -0.25) is 19.1 Å². The molecular formula is C23H28ClN5O4S. The quantitative estimate of drug-likeness (QED) is 0.446. The number of halogens is 1. The van der Waals surface area contributed by atoms with Gasteiger partial charge in [0.15, 0.2) is 11.5 Å². The third kappa shape index (κ3) is 6.12. The van der Waals surface area contributed by atoms with Crippen LogP contribution in [0.15, 0.2) is 29.2 Å². The number of carbonyl (C=O) groups is 1. The topological polar surface area (TPSA) is 98.6 Å². The van der Waals surface area contributed by atoms with Crippen molar-refractivity contribution in [3.8, 4) is 16.5 Å². The average Bonchev–Trinajstić information content (AvgIpc) is 3.25. The number of morpholine rings is 1. The van der Waals surface area contributed by atoms with Gasteiger partial charge in [0.1, 0.15) is 12.3 Å². The predicted octanol–water partition coefficient (Wildman–Crippen LogP) is 2.80. The summed E-state index contributed by atoms with van der Waals surface area (Å²) in [5.41, 5.74) is -0.0552. The number of nitrogens with one attached hydrogen (secondary N) is 1. The molecule has 0 spiro atoms. The van der Waals surface area contributed by atoms with Gasteiger partial charge in [-0.15, -0.1) is 11.3 Å². The van der Waals surface area contributed by atoms with E-state index in [1.807, 2.05) is 13.8 Å². The monoisotopic (exact) mass is 505 g/mol. The summed E-state index contributed by atoms with van der Waals surface area (Å²) in [6, 6.07) is 5.12. The first-order valence-corrected chi connectivity index (χ1v) is 12.5. The molecule has 0 bridgehead atoms. The van der Waals surface area contributed by atoms with Crippen LogP contribution in [-0.2, 0) is 16.1 Å². The van der Waals surface area contributed by atoms with Crippen molar-refractivity contribution in [3.05, 3.63) is 39.1 Å². The van der Waals surface area contributed by atoms with Crippen LogP contribution >= 0.6 is 22.9 Å². The van der Waals surface area contributed by atoms with Crippen LogP contribution in [0.1, 0.15) is 20.3 Å². The summed E-state index contributed by atoms with van der Waals surface area (Å²) in [5, 5.41) is 3.12. The van der Waals surface area contributed by atoms with Crippen molar-refractivity contribution < 1.29 is 14.3 Å². The van der Waals surface area contributed by atoms with Gasteiger partial charge in [0, 0.05) is 25.7 Å². The van der Waals surface area contributed by atoms with Crippen molar-refractivity contribution in [3.63, 3.8) is 0 Å². The summed E-state index contributed by atoms with van der Waals surface area (Å²) in [6.07, 6.45) is 2.43. The Kier molecular flexibility index (Phi) is 8.15. The Hall–Kier alpha value is -2.53. The molecule has 3 aromatic rings. The van der Waals surface area contributed by atoms with Crippen LogP contribution in [-0.4, -0.2) is 70.8 Å². The molecule has 11 heteroatoms. The number of aromatic nitrogens is 3. The summed E-state index contributed by atoms with van der Waals surface area (Å²) >= 11 is 7.40. The second kappa shape index (κ2) is 11.3. The van der Waals surface area contributed by atoms with E-state index in [0.29, 0.717) is 38.4 Å². The third-order valence-corrected chi connectivity index (χ3v) is 6.55. The zero-order valence-corrected chi connectivity index (χ0v) is 20.8. The Morgan fingerprint density at radius 3 is 2.82 bits per heavy atom. The van der Waals surface area contributed by atoms with Crippen LogP contribution in [0, 0.1) is 0 Å². The lowest BCUT2D eigenvalue weighted by Crippen LogP contribution is -2.37. The summed E-state index contributed by atoms with van der Waals surface area (Å²) in [7, 11) is 0. The zero-order chi connectivity index (χ0) is 24.1. The molecule has 0 aromatic carbocycles. The molecule has 0 aliphatic carbocycles. The molecule has 34 heavy (non-hydrogen) atoms. The van der Waals surface area contributed by atoms with Crippen molar-refractivity contribution in [1.29, 1.82) is 0 Å². The lowest BCUT2D eigenvalue weighted by atomic mass is 10.3. The maximum atomic E-state index is 13.4. The lowest BCUT2D eigenvalue weighted by Gasteiger charge is -2.26. The Morgan fingerprint density at radius 2 is 2.12 bits per heavy atom. The Morgan fingerprint density at radius 1 is 1.32 bits per heavy atom. The van der Waals surface area contributed by atoms with Crippen molar-refractivity contribution in [2.75, 3.05) is 39.5 Å². The number of nitrogens with zero attached hydrogens (tertiary/aromatic N) is 4. The molecule has 4 heterocycles. The van der Waals surface area contributed by atoms with Gasteiger partial charge < -0.3 is 14.8 Å². The van der Waals surface area contributed by atoms with Gasteiger partial charge in [-0.05, 0) is 38.5 Å². The average molecular weight is 506 g/mol. The van der Waals surface area contributed by atoms with Crippen LogP contribution < -0.4 is 15.6 Å². The highest BCUT2D eigenvalue weighted by Crippen LogP contribution is 2.30. The molecule has 1 amide bonds. The lowest BCUT2D eigenvalue weighted by molar-refractivity contribution is -0.122. The second-order valence-electron chi connectivity index (χ2n) is 8.35. The van der Waals surface area contributed by atoms with E-state index >= 15 is 0 Å². The second-order valence-corrected chi connectivity index (χ2v) is 10.1. The molecule has 0 unspecified atom stereocenters. The molecule has 182 valence electrons. The molecule has 1 aliphatic rings. The summed E-state index contributed by atoms with van der Waals surface area (Å²) in [4.78, 5) is 37.9. The van der Waals surface area contributed by atoms with Crippen molar-refractivity contribution in [1.82, 2.24) is 24.8 Å². The van der Waals surface area contributed by atoms with Gasteiger partial charge in [0.2, 0.25) is 5.91 Å². The summed E-state index contributed by atoms with van der Waals surface area (Å²) in [6.45, 7) is 8.42. The van der Waals surface area contributed by atoms with Crippen molar-refractivity contribution >= 4 is 39.9 Å². The minimum absolute atomic E-state index is 0.0459. The number of rotatable bonds is 9. The van der Waals surface area contributed by atoms with Crippen LogP contribution in [0.4, 0.5) is 0 Å². The standard InChI is InChI=1S/C23H28ClN5O4S/c1-15(2)26-20(30)14-29-22(18-4-5-19(24)34-18)27-21-17(23(29)31)12-16(13-25-21)33-9-3-6-28-7-10-32-11-8-28/h4-5,12-13,15H,3,6-11,14H2,1-2H3,(H,26,30). The van der Waals surface area contributed by atoms with Gasteiger partial charge in [0.05, 0.1) is 40.6 Å². The highest BCUT2D eigenvalue weighted by atomic mass is 35.5. The number of ether oxygens (including phenoxy) is 2. The third-order valence-electron chi connectivity index (χ3n) is 5.32. The number of thiophene rings is 1. The number of amides is 1. The van der Waals surface area contributed by atoms with Gasteiger partial charge >= 0.3 is 0 Å². The van der Waals surface area contributed by atoms with E-state index in [1.165, 1.54) is 15.9 Å². The fourth-order valence-corrected chi connectivity index (χ4v) is 4.79. The van der Waals surface area contributed by atoms with E-state index in [-0.39, 0.29) is 24.1 Å². The van der Waals surface area contributed by atoms with Gasteiger partial charge in [-0.25, -0.2) is 9.97 Å². The smallest absolute Gasteiger partial charge is 0.263 e. The fourth-order valence-electron chi connectivity index (χ4n) is 3.75. The number of hydrogen-bond donors (Lipinski definition) is 1. The first-order chi connectivity index (χ1) is 16.4. The van der Waals surface area contributed by atoms with Crippen LogP contribution in [0.25, 0.3) is 21.7 Å². The minimum atomic E-state index is -0.352. The molecular weight excluding hydrogens is 478 g/mol. The van der Waals surface area contributed by atoms with E-state index in [9.17, 15) is 9.59 Å². The highest BCUT2D eigenvalue weighted by molar-refractivity contribution is 7.19.